The van der Waals surface area contributed by atoms with Gasteiger partial charge in [0.2, 0.25) is 5.91 Å². The van der Waals surface area contributed by atoms with Crippen molar-refractivity contribution in [3.05, 3.63) is 69.9 Å². The lowest BCUT2D eigenvalue weighted by atomic mass is 9.73. The molecular weight excluding hydrogens is 333 g/mol. The molecule has 1 amide bonds. The van der Waals surface area contributed by atoms with Gasteiger partial charge in [-0.1, -0.05) is 59.3 Å². The lowest BCUT2D eigenvalue weighted by Gasteiger charge is -2.32. The molecule has 2 aromatic carbocycles. The molecular formula is C17H15BrFNO. The van der Waals surface area contributed by atoms with Gasteiger partial charge < -0.3 is 5.32 Å². The van der Waals surface area contributed by atoms with E-state index in [-0.39, 0.29) is 17.8 Å². The van der Waals surface area contributed by atoms with E-state index in [1.54, 1.807) is 6.07 Å². The zero-order valence-corrected chi connectivity index (χ0v) is 13.2. The van der Waals surface area contributed by atoms with Gasteiger partial charge in [0.25, 0.3) is 0 Å². The minimum absolute atomic E-state index is 0.0163. The number of hydrogen-bond donors (Lipinski definition) is 1. The van der Waals surface area contributed by atoms with Gasteiger partial charge >= 0.3 is 0 Å². The molecule has 0 aliphatic carbocycles. The lowest BCUT2D eigenvalue weighted by molar-refractivity contribution is -0.119. The van der Waals surface area contributed by atoms with Crippen molar-refractivity contribution in [1.29, 1.82) is 0 Å². The van der Waals surface area contributed by atoms with Crippen LogP contribution in [-0.4, -0.2) is 5.91 Å². The van der Waals surface area contributed by atoms with Gasteiger partial charge in [-0.3, -0.25) is 4.79 Å². The standard InChI is InChI=1S/C17H15BrFNO/c1-17(13-8-7-12(19)9-14(13)18)10-15(21)20-16(17)11-5-3-2-4-6-11/h2-9,16H,10H2,1H3,(H,20,21). The fraction of sp³-hybridized carbons (Fsp3) is 0.235. The van der Waals surface area contributed by atoms with Gasteiger partial charge in [-0.25, -0.2) is 4.39 Å². The molecule has 1 aliphatic rings. The molecule has 1 heterocycles. The molecule has 1 saturated heterocycles. The second-order valence-corrected chi connectivity index (χ2v) is 6.48. The zero-order chi connectivity index (χ0) is 15.0. The molecule has 0 saturated carbocycles. The molecule has 4 heteroatoms. The number of carbonyl (C=O) groups is 1. The first kappa shape index (κ1) is 14.3. The largest absolute Gasteiger partial charge is 0.348 e. The number of nitrogens with one attached hydrogen (secondary N) is 1. The Morgan fingerprint density at radius 2 is 1.95 bits per heavy atom. The second-order valence-electron chi connectivity index (χ2n) is 5.63. The third kappa shape index (κ3) is 2.48. The number of halogens is 2. The van der Waals surface area contributed by atoms with Crippen LogP contribution in [0.15, 0.2) is 53.0 Å². The van der Waals surface area contributed by atoms with E-state index in [0.29, 0.717) is 10.9 Å². The van der Waals surface area contributed by atoms with Crippen molar-refractivity contribution in [3.63, 3.8) is 0 Å². The van der Waals surface area contributed by atoms with Gasteiger partial charge in [-0.2, -0.15) is 0 Å². The monoisotopic (exact) mass is 347 g/mol. The lowest BCUT2D eigenvalue weighted by Crippen LogP contribution is -2.30. The summed E-state index contributed by atoms with van der Waals surface area (Å²) in [6.45, 7) is 2.04. The average molecular weight is 348 g/mol. The Bertz CT molecular complexity index is 688. The molecule has 1 aliphatic heterocycles. The van der Waals surface area contributed by atoms with E-state index in [1.807, 2.05) is 37.3 Å². The fourth-order valence-corrected chi connectivity index (χ4v) is 3.91. The van der Waals surface area contributed by atoms with Gasteiger partial charge in [-0.15, -0.1) is 0 Å². The highest BCUT2D eigenvalue weighted by Gasteiger charge is 2.46. The summed E-state index contributed by atoms with van der Waals surface area (Å²) >= 11 is 3.43. The van der Waals surface area contributed by atoms with E-state index in [1.165, 1.54) is 12.1 Å². The number of rotatable bonds is 2. The first-order valence-corrected chi connectivity index (χ1v) is 7.60. The molecule has 0 aromatic heterocycles. The second kappa shape index (κ2) is 5.26. The summed E-state index contributed by atoms with van der Waals surface area (Å²) in [5.74, 6) is -0.273. The number of hydrogen-bond acceptors (Lipinski definition) is 1. The van der Waals surface area contributed by atoms with Crippen LogP contribution in [0.5, 0.6) is 0 Å². The van der Waals surface area contributed by atoms with Crippen LogP contribution in [-0.2, 0) is 10.2 Å². The Labute approximate surface area is 131 Å². The topological polar surface area (TPSA) is 29.1 Å². The van der Waals surface area contributed by atoms with Gasteiger partial charge in [0.1, 0.15) is 5.82 Å². The Hall–Kier alpha value is -1.68. The van der Waals surface area contributed by atoms with E-state index in [9.17, 15) is 9.18 Å². The molecule has 3 rings (SSSR count). The Morgan fingerprint density at radius 3 is 2.62 bits per heavy atom. The third-order valence-electron chi connectivity index (χ3n) is 4.15. The van der Waals surface area contributed by atoms with E-state index >= 15 is 0 Å². The SMILES string of the molecule is CC1(c2ccc(F)cc2Br)CC(=O)NC1c1ccccc1. The van der Waals surface area contributed by atoms with Crippen molar-refractivity contribution >= 4 is 21.8 Å². The molecule has 2 nitrogen and oxygen atoms in total. The molecule has 0 radical (unpaired) electrons. The molecule has 0 bridgehead atoms. The predicted octanol–water partition coefficient (Wildman–Crippen LogP) is 4.11. The maximum atomic E-state index is 13.3. The summed E-state index contributed by atoms with van der Waals surface area (Å²) in [4.78, 5) is 12.0. The van der Waals surface area contributed by atoms with E-state index < -0.39 is 5.41 Å². The average Bonchev–Trinajstić information content (AvgIpc) is 2.75. The van der Waals surface area contributed by atoms with Crippen LogP contribution < -0.4 is 5.32 Å². The molecule has 0 spiro atoms. The number of carbonyl (C=O) groups excluding carboxylic acids is 1. The van der Waals surface area contributed by atoms with Crippen LogP contribution in [0.1, 0.15) is 30.5 Å². The van der Waals surface area contributed by atoms with Crippen LogP contribution in [0.4, 0.5) is 4.39 Å². The molecule has 2 atom stereocenters. The van der Waals surface area contributed by atoms with Crippen molar-refractivity contribution in [2.45, 2.75) is 24.8 Å². The normalized spacial score (nSPS) is 24.9. The van der Waals surface area contributed by atoms with Gasteiger partial charge in [-0.05, 0) is 23.3 Å². The van der Waals surface area contributed by atoms with Crippen LogP contribution in [0.2, 0.25) is 0 Å². The van der Waals surface area contributed by atoms with Gasteiger partial charge in [0, 0.05) is 16.3 Å². The quantitative estimate of drug-likeness (QED) is 0.870. The molecule has 108 valence electrons. The van der Waals surface area contributed by atoms with E-state index in [2.05, 4.69) is 21.2 Å². The summed E-state index contributed by atoms with van der Waals surface area (Å²) in [5, 5.41) is 3.05. The van der Waals surface area contributed by atoms with E-state index in [4.69, 9.17) is 0 Å². The summed E-state index contributed by atoms with van der Waals surface area (Å²) < 4.78 is 14.0. The zero-order valence-electron chi connectivity index (χ0n) is 11.6. The number of benzene rings is 2. The minimum atomic E-state index is -0.412. The summed E-state index contributed by atoms with van der Waals surface area (Å²) in [5.41, 5.74) is 1.59. The third-order valence-corrected chi connectivity index (χ3v) is 4.81. The fourth-order valence-electron chi connectivity index (χ4n) is 3.11. The van der Waals surface area contributed by atoms with Crippen molar-refractivity contribution in [2.24, 2.45) is 0 Å². The minimum Gasteiger partial charge on any atom is -0.348 e. The van der Waals surface area contributed by atoms with Crippen molar-refractivity contribution in [1.82, 2.24) is 5.32 Å². The maximum absolute atomic E-state index is 13.3. The van der Waals surface area contributed by atoms with E-state index in [0.717, 1.165) is 11.1 Å². The Balaban J connectivity index is 2.10. The van der Waals surface area contributed by atoms with Crippen LogP contribution in [0, 0.1) is 5.82 Å². The molecule has 2 aromatic rings. The molecule has 2 unspecified atom stereocenters. The first-order valence-electron chi connectivity index (χ1n) is 6.80. The number of amides is 1. The molecule has 1 fully saturated rings. The summed E-state index contributed by atoms with van der Waals surface area (Å²) in [7, 11) is 0. The molecule has 21 heavy (non-hydrogen) atoms. The maximum Gasteiger partial charge on any atom is 0.221 e. The molecule has 1 N–H and O–H groups in total. The smallest absolute Gasteiger partial charge is 0.221 e. The first-order chi connectivity index (χ1) is 10.0. The Morgan fingerprint density at radius 1 is 1.24 bits per heavy atom. The van der Waals surface area contributed by atoms with Crippen molar-refractivity contribution in [2.75, 3.05) is 0 Å². The van der Waals surface area contributed by atoms with Crippen LogP contribution in [0.25, 0.3) is 0 Å². The van der Waals surface area contributed by atoms with Crippen molar-refractivity contribution in [3.8, 4) is 0 Å². The highest BCUT2D eigenvalue weighted by molar-refractivity contribution is 9.10. The Kier molecular flexibility index (Phi) is 3.57. The van der Waals surface area contributed by atoms with Gasteiger partial charge in [0.05, 0.1) is 6.04 Å². The van der Waals surface area contributed by atoms with Gasteiger partial charge in [0.15, 0.2) is 0 Å². The predicted molar refractivity (Wildman–Crippen MR) is 83.4 cm³/mol. The summed E-state index contributed by atoms with van der Waals surface area (Å²) in [6.07, 6.45) is 0.386. The van der Waals surface area contributed by atoms with Crippen LogP contribution >= 0.6 is 15.9 Å². The highest BCUT2D eigenvalue weighted by atomic mass is 79.9. The highest BCUT2D eigenvalue weighted by Crippen LogP contribution is 2.46. The summed E-state index contributed by atoms with van der Waals surface area (Å²) in [6, 6.07) is 14.4. The van der Waals surface area contributed by atoms with Crippen molar-refractivity contribution < 1.29 is 9.18 Å². The van der Waals surface area contributed by atoms with Crippen LogP contribution in [0.3, 0.4) is 0 Å².